The molecule has 6 heteroatoms. The van der Waals surface area contributed by atoms with Crippen LogP contribution in [0.1, 0.15) is 30.1 Å². The summed E-state index contributed by atoms with van der Waals surface area (Å²) >= 11 is 5.25. The summed E-state index contributed by atoms with van der Waals surface area (Å²) in [6, 6.07) is -0.230. The van der Waals surface area contributed by atoms with Crippen LogP contribution in [0.3, 0.4) is 0 Å². The number of fused-ring (bicyclic) bond motifs is 1. The highest BCUT2D eigenvalue weighted by Gasteiger charge is 2.33. The number of carbonyl (C=O) groups is 1. The first-order chi connectivity index (χ1) is 8.59. The van der Waals surface area contributed by atoms with E-state index >= 15 is 0 Å². The molecule has 1 aromatic rings. The van der Waals surface area contributed by atoms with Crippen LogP contribution in [0.2, 0.25) is 0 Å². The SMILES string of the molecule is CN1CCC(n2c3c(c(=O)[nH]c2=S)CCC3)C1=O. The maximum Gasteiger partial charge on any atom is 0.255 e. The van der Waals surface area contributed by atoms with Gasteiger partial charge in [-0.3, -0.25) is 14.6 Å². The summed E-state index contributed by atoms with van der Waals surface area (Å²) in [7, 11) is 1.80. The Kier molecular flexibility index (Phi) is 2.62. The Labute approximate surface area is 109 Å². The summed E-state index contributed by atoms with van der Waals surface area (Å²) in [4.78, 5) is 28.3. The van der Waals surface area contributed by atoms with Gasteiger partial charge in [-0.15, -0.1) is 0 Å². The predicted octanol–water partition coefficient (Wildman–Crippen LogP) is 0.798. The average molecular weight is 265 g/mol. The largest absolute Gasteiger partial charge is 0.344 e. The van der Waals surface area contributed by atoms with Crippen molar-refractivity contribution < 1.29 is 4.79 Å². The minimum absolute atomic E-state index is 0.0810. The van der Waals surface area contributed by atoms with Gasteiger partial charge in [-0.25, -0.2) is 0 Å². The maximum atomic E-state index is 12.1. The van der Waals surface area contributed by atoms with E-state index in [9.17, 15) is 9.59 Å². The monoisotopic (exact) mass is 265 g/mol. The molecule has 1 N–H and O–H groups in total. The summed E-state index contributed by atoms with van der Waals surface area (Å²) < 4.78 is 2.26. The van der Waals surface area contributed by atoms with Crippen molar-refractivity contribution in [1.82, 2.24) is 14.5 Å². The lowest BCUT2D eigenvalue weighted by molar-refractivity contribution is -0.129. The van der Waals surface area contributed by atoms with Crippen molar-refractivity contribution in [1.29, 1.82) is 0 Å². The molecule has 18 heavy (non-hydrogen) atoms. The lowest BCUT2D eigenvalue weighted by atomic mass is 10.2. The molecule has 1 fully saturated rings. The van der Waals surface area contributed by atoms with E-state index in [2.05, 4.69) is 4.98 Å². The van der Waals surface area contributed by atoms with Crippen molar-refractivity contribution in [3.8, 4) is 0 Å². The maximum absolute atomic E-state index is 12.1. The van der Waals surface area contributed by atoms with Crippen LogP contribution >= 0.6 is 12.2 Å². The predicted molar refractivity (Wildman–Crippen MR) is 69.2 cm³/mol. The molecular formula is C12H15N3O2S. The van der Waals surface area contributed by atoms with E-state index in [0.29, 0.717) is 4.77 Å². The van der Waals surface area contributed by atoms with Crippen molar-refractivity contribution >= 4 is 18.1 Å². The number of likely N-dealkylation sites (N-methyl/N-ethyl adjacent to an activating group) is 1. The number of carbonyl (C=O) groups excluding carboxylic acids is 1. The average Bonchev–Trinajstić information content (AvgIpc) is 2.91. The van der Waals surface area contributed by atoms with Crippen molar-refractivity contribution in [2.45, 2.75) is 31.7 Å². The molecule has 0 saturated carbocycles. The van der Waals surface area contributed by atoms with Crippen LogP contribution in [0.4, 0.5) is 0 Å². The molecule has 2 aliphatic rings. The van der Waals surface area contributed by atoms with E-state index in [0.717, 1.165) is 43.5 Å². The number of nitrogens with zero attached hydrogens (tertiary/aromatic N) is 2. The first-order valence-corrected chi connectivity index (χ1v) is 6.62. The summed E-state index contributed by atoms with van der Waals surface area (Å²) in [5, 5.41) is 0. The first kappa shape index (κ1) is 11.6. The molecule has 1 saturated heterocycles. The second-order valence-electron chi connectivity index (χ2n) is 4.97. The third kappa shape index (κ3) is 1.55. The zero-order chi connectivity index (χ0) is 12.9. The topological polar surface area (TPSA) is 58.1 Å². The molecule has 5 nitrogen and oxygen atoms in total. The molecular weight excluding hydrogens is 250 g/mol. The summed E-state index contributed by atoms with van der Waals surface area (Å²) in [6.07, 6.45) is 3.36. The molecule has 1 amide bonds. The lowest BCUT2D eigenvalue weighted by Gasteiger charge is -2.18. The van der Waals surface area contributed by atoms with Crippen LogP contribution in [-0.4, -0.2) is 34.0 Å². The summed E-state index contributed by atoms with van der Waals surface area (Å²) in [6.45, 7) is 0.749. The zero-order valence-electron chi connectivity index (χ0n) is 10.2. The van der Waals surface area contributed by atoms with Crippen LogP contribution in [0.15, 0.2) is 4.79 Å². The van der Waals surface area contributed by atoms with Crippen LogP contribution in [0.5, 0.6) is 0 Å². The fourth-order valence-electron chi connectivity index (χ4n) is 2.97. The second-order valence-corrected chi connectivity index (χ2v) is 5.36. The van der Waals surface area contributed by atoms with Gasteiger partial charge in [0, 0.05) is 24.8 Å². The van der Waals surface area contributed by atoms with Gasteiger partial charge in [-0.1, -0.05) is 0 Å². The summed E-state index contributed by atoms with van der Waals surface area (Å²) in [5.41, 5.74) is 1.70. The lowest BCUT2D eigenvalue weighted by Crippen LogP contribution is -2.29. The van der Waals surface area contributed by atoms with Gasteiger partial charge < -0.3 is 9.47 Å². The third-order valence-corrected chi connectivity index (χ3v) is 4.20. The third-order valence-electron chi connectivity index (χ3n) is 3.90. The standard InChI is InChI=1S/C12H15N3O2S/c1-14-6-5-9(11(14)17)15-8-4-2-3-7(8)10(16)13-12(15)18/h9H,2-6H2,1H3,(H,13,16,18). The molecule has 2 heterocycles. The highest BCUT2D eigenvalue weighted by Crippen LogP contribution is 2.27. The molecule has 1 unspecified atom stereocenters. The Morgan fingerprint density at radius 3 is 2.78 bits per heavy atom. The molecule has 1 aliphatic carbocycles. The van der Waals surface area contributed by atoms with Gasteiger partial charge in [0.2, 0.25) is 5.91 Å². The normalized spacial score (nSPS) is 22.6. The van der Waals surface area contributed by atoms with E-state index in [1.54, 1.807) is 11.9 Å². The van der Waals surface area contributed by atoms with E-state index in [-0.39, 0.29) is 17.5 Å². The first-order valence-electron chi connectivity index (χ1n) is 6.21. The zero-order valence-corrected chi connectivity index (χ0v) is 11.0. The van der Waals surface area contributed by atoms with Crippen molar-refractivity contribution in [2.24, 2.45) is 0 Å². The van der Waals surface area contributed by atoms with E-state index < -0.39 is 0 Å². The Morgan fingerprint density at radius 1 is 1.33 bits per heavy atom. The van der Waals surface area contributed by atoms with Crippen molar-refractivity contribution in [3.05, 3.63) is 26.4 Å². The van der Waals surface area contributed by atoms with Crippen LogP contribution in [0, 0.1) is 4.77 Å². The number of hydrogen-bond donors (Lipinski definition) is 1. The number of hydrogen-bond acceptors (Lipinski definition) is 3. The Balaban J connectivity index is 2.19. The molecule has 3 rings (SSSR count). The van der Waals surface area contributed by atoms with Crippen LogP contribution in [0.25, 0.3) is 0 Å². The van der Waals surface area contributed by atoms with E-state index in [1.807, 2.05) is 4.57 Å². The highest BCUT2D eigenvalue weighted by atomic mass is 32.1. The molecule has 0 bridgehead atoms. The summed E-state index contributed by atoms with van der Waals surface area (Å²) in [5.74, 6) is 0.0900. The highest BCUT2D eigenvalue weighted by molar-refractivity contribution is 7.71. The molecule has 0 spiro atoms. The molecule has 1 atom stereocenters. The van der Waals surface area contributed by atoms with Gasteiger partial charge >= 0.3 is 0 Å². The molecule has 1 aromatic heterocycles. The fourth-order valence-corrected chi connectivity index (χ4v) is 3.30. The van der Waals surface area contributed by atoms with Crippen LogP contribution in [-0.2, 0) is 17.6 Å². The fraction of sp³-hybridized carbons (Fsp3) is 0.583. The second kappa shape index (κ2) is 4.05. The van der Waals surface area contributed by atoms with Crippen LogP contribution < -0.4 is 5.56 Å². The van der Waals surface area contributed by atoms with E-state index in [1.165, 1.54) is 0 Å². The van der Waals surface area contributed by atoms with Crippen molar-refractivity contribution in [3.63, 3.8) is 0 Å². The quantitative estimate of drug-likeness (QED) is 0.764. The number of aromatic nitrogens is 2. The van der Waals surface area contributed by atoms with E-state index in [4.69, 9.17) is 12.2 Å². The number of amides is 1. The number of nitrogens with one attached hydrogen (secondary N) is 1. The van der Waals surface area contributed by atoms with Gasteiger partial charge in [-0.05, 0) is 37.9 Å². The minimum Gasteiger partial charge on any atom is -0.344 e. The molecule has 1 aliphatic heterocycles. The minimum atomic E-state index is -0.230. The molecule has 96 valence electrons. The van der Waals surface area contributed by atoms with Gasteiger partial charge in [0.05, 0.1) is 0 Å². The molecule has 0 radical (unpaired) electrons. The smallest absolute Gasteiger partial charge is 0.255 e. The van der Waals surface area contributed by atoms with Gasteiger partial charge in [0.15, 0.2) is 4.77 Å². The van der Waals surface area contributed by atoms with Gasteiger partial charge in [0.25, 0.3) is 5.56 Å². The Bertz CT molecular complexity index is 631. The number of aromatic amines is 1. The Morgan fingerprint density at radius 2 is 2.11 bits per heavy atom. The van der Waals surface area contributed by atoms with Gasteiger partial charge in [-0.2, -0.15) is 0 Å². The molecule has 0 aromatic carbocycles. The number of rotatable bonds is 1. The Hall–Kier alpha value is -1.43. The number of likely N-dealkylation sites (tertiary alicyclic amines) is 1. The van der Waals surface area contributed by atoms with Gasteiger partial charge in [0.1, 0.15) is 6.04 Å². The number of H-pyrrole nitrogens is 1. The van der Waals surface area contributed by atoms with Crippen molar-refractivity contribution in [2.75, 3.05) is 13.6 Å².